The van der Waals surface area contributed by atoms with Gasteiger partial charge in [0.1, 0.15) is 5.75 Å². The van der Waals surface area contributed by atoms with E-state index in [1.165, 1.54) is 5.69 Å². The molecule has 0 atom stereocenters. The molecule has 3 rings (SSSR count). The summed E-state index contributed by atoms with van der Waals surface area (Å²) in [5.41, 5.74) is 2.18. The van der Waals surface area contributed by atoms with Crippen molar-refractivity contribution in [3.8, 4) is 5.75 Å². The van der Waals surface area contributed by atoms with Crippen molar-refractivity contribution in [3.63, 3.8) is 0 Å². The Morgan fingerprint density at radius 3 is 2.41 bits per heavy atom. The van der Waals surface area contributed by atoms with E-state index < -0.39 is 10.0 Å². The van der Waals surface area contributed by atoms with Gasteiger partial charge in [0.15, 0.2) is 0 Å². The van der Waals surface area contributed by atoms with Gasteiger partial charge in [0.05, 0.1) is 12.9 Å². The molecule has 27 heavy (non-hydrogen) atoms. The molecule has 0 bridgehead atoms. The van der Waals surface area contributed by atoms with Gasteiger partial charge < -0.3 is 9.64 Å². The van der Waals surface area contributed by atoms with Gasteiger partial charge in [0.2, 0.25) is 10.0 Å². The third-order valence-electron chi connectivity index (χ3n) is 5.05. The van der Waals surface area contributed by atoms with Crippen LogP contribution in [0.1, 0.15) is 18.4 Å². The first-order chi connectivity index (χ1) is 13.1. The molecular weight excluding hydrogens is 362 g/mol. The van der Waals surface area contributed by atoms with Crippen molar-refractivity contribution in [1.29, 1.82) is 0 Å². The maximum absolute atomic E-state index is 12.3. The van der Waals surface area contributed by atoms with Crippen molar-refractivity contribution in [1.82, 2.24) is 9.71 Å². The van der Waals surface area contributed by atoms with Gasteiger partial charge in [0.25, 0.3) is 0 Å². The zero-order valence-electron chi connectivity index (χ0n) is 15.7. The lowest BCUT2D eigenvalue weighted by Gasteiger charge is -2.33. The zero-order valence-corrected chi connectivity index (χ0v) is 16.5. The fraction of sp³-hybridized carbons (Fsp3) is 0.450. The molecule has 0 saturated carbocycles. The normalized spacial score (nSPS) is 15.7. The van der Waals surface area contributed by atoms with E-state index in [0.717, 1.165) is 37.2 Å². The fourth-order valence-corrected chi connectivity index (χ4v) is 4.45. The summed E-state index contributed by atoms with van der Waals surface area (Å²) in [5.74, 6) is 1.27. The Hall–Kier alpha value is -2.12. The molecule has 1 aromatic heterocycles. The SMILES string of the molecule is COc1ccc(CCS(=O)(=O)NCC2CCN(c3ccncc3)CC2)cc1. The summed E-state index contributed by atoms with van der Waals surface area (Å²) in [6, 6.07) is 11.6. The molecule has 1 aliphatic heterocycles. The molecular formula is C20H27N3O3S. The number of nitrogens with one attached hydrogen (secondary N) is 1. The highest BCUT2D eigenvalue weighted by Gasteiger charge is 2.21. The van der Waals surface area contributed by atoms with Crippen molar-refractivity contribution in [3.05, 3.63) is 54.4 Å². The number of pyridine rings is 1. The van der Waals surface area contributed by atoms with Crippen LogP contribution in [0.2, 0.25) is 0 Å². The Labute approximate surface area is 161 Å². The average Bonchev–Trinajstić information content (AvgIpc) is 2.72. The Kier molecular flexibility index (Phi) is 6.68. The van der Waals surface area contributed by atoms with Crippen molar-refractivity contribution in [2.75, 3.05) is 37.4 Å². The van der Waals surface area contributed by atoms with Gasteiger partial charge >= 0.3 is 0 Å². The first-order valence-electron chi connectivity index (χ1n) is 9.31. The lowest BCUT2D eigenvalue weighted by Crippen LogP contribution is -2.39. The monoisotopic (exact) mass is 389 g/mol. The van der Waals surface area contributed by atoms with Crippen LogP contribution in [0.3, 0.4) is 0 Å². The molecule has 0 spiro atoms. The number of aryl methyl sites for hydroxylation is 1. The summed E-state index contributed by atoms with van der Waals surface area (Å²) >= 11 is 0. The van der Waals surface area contributed by atoms with Gasteiger partial charge in [-0.1, -0.05) is 12.1 Å². The Bertz CT molecular complexity index is 802. The largest absolute Gasteiger partial charge is 0.497 e. The molecule has 1 N–H and O–H groups in total. The van der Waals surface area contributed by atoms with Crippen LogP contribution in [0, 0.1) is 5.92 Å². The van der Waals surface area contributed by atoms with Crippen LogP contribution in [0.25, 0.3) is 0 Å². The number of benzene rings is 1. The minimum atomic E-state index is -3.26. The van der Waals surface area contributed by atoms with Crippen LogP contribution in [0.4, 0.5) is 5.69 Å². The molecule has 0 amide bonds. The van der Waals surface area contributed by atoms with E-state index in [-0.39, 0.29) is 5.75 Å². The highest BCUT2D eigenvalue weighted by atomic mass is 32.2. The standard InChI is InChI=1S/C20H27N3O3S/c1-26-20-4-2-17(3-5-20)10-15-27(24,25)22-16-18-8-13-23(14-9-18)19-6-11-21-12-7-19/h2-7,11-12,18,22H,8-10,13-16H2,1H3. The van der Waals surface area contributed by atoms with Crippen LogP contribution >= 0.6 is 0 Å². The van der Waals surface area contributed by atoms with E-state index in [1.807, 2.05) is 36.4 Å². The molecule has 7 heteroatoms. The van der Waals surface area contributed by atoms with Gasteiger partial charge in [-0.2, -0.15) is 0 Å². The molecule has 6 nitrogen and oxygen atoms in total. The second-order valence-corrected chi connectivity index (χ2v) is 8.83. The Balaban J connectivity index is 1.41. The molecule has 1 aromatic carbocycles. The van der Waals surface area contributed by atoms with Gasteiger partial charge in [-0.3, -0.25) is 4.98 Å². The topological polar surface area (TPSA) is 71.5 Å². The summed E-state index contributed by atoms with van der Waals surface area (Å²) in [5, 5.41) is 0. The van der Waals surface area contributed by atoms with Crippen molar-refractivity contribution in [2.45, 2.75) is 19.3 Å². The molecule has 146 valence electrons. The fourth-order valence-electron chi connectivity index (χ4n) is 3.31. The quantitative estimate of drug-likeness (QED) is 0.751. The Morgan fingerprint density at radius 2 is 1.78 bits per heavy atom. The summed E-state index contributed by atoms with van der Waals surface area (Å²) in [4.78, 5) is 6.38. The molecule has 2 aromatic rings. The molecule has 0 radical (unpaired) electrons. The average molecular weight is 390 g/mol. The second kappa shape index (κ2) is 9.19. The number of rotatable bonds is 8. The zero-order chi connectivity index (χ0) is 19.1. The summed E-state index contributed by atoms with van der Waals surface area (Å²) in [7, 11) is -1.65. The summed E-state index contributed by atoms with van der Waals surface area (Å²) in [6.07, 6.45) is 6.09. The Morgan fingerprint density at radius 1 is 1.11 bits per heavy atom. The number of sulfonamides is 1. The predicted octanol–water partition coefficient (Wildman–Crippen LogP) is 2.47. The number of hydrogen-bond donors (Lipinski definition) is 1. The van der Waals surface area contributed by atoms with Crippen LogP contribution < -0.4 is 14.4 Å². The van der Waals surface area contributed by atoms with Gasteiger partial charge in [-0.25, -0.2) is 13.1 Å². The van der Waals surface area contributed by atoms with E-state index in [9.17, 15) is 8.42 Å². The summed E-state index contributed by atoms with van der Waals surface area (Å²) in [6.45, 7) is 2.42. The lowest BCUT2D eigenvalue weighted by atomic mass is 9.97. The number of anilines is 1. The van der Waals surface area contributed by atoms with Crippen LogP contribution in [-0.2, 0) is 16.4 Å². The molecule has 1 fully saturated rings. The molecule has 1 aliphatic rings. The lowest BCUT2D eigenvalue weighted by molar-refractivity contribution is 0.402. The first-order valence-corrected chi connectivity index (χ1v) is 11.0. The first kappa shape index (κ1) is 19.6. The highest BCUT2D eigenvalue weighted by molar-refractivity contribution is 7.89. The van der Waals surface area contributed by atoms with Crippen molar-refractivity contribution >= 4 is 15.7 Å². The minimum Gasteiger partial charge on any atom is -0.497 e. The number of nitrogens with zero attached hydrogens (tertiary/aromatic N) is 2. The number of aromatic nitrogens is 1. The van der Waals surface area contributed by atoms with Gasteiger partial charge in [0, 0.05) is 37.7 Å². The molecule has 0 unspecified atom stereocenters. The van der Waals surface area contributed by atoms with E-state index in [4.69, 9.17) is 4.74 Å². The summed E-state index contributed by atoms with van der Waals surface area (Å²) < 4.78 is 32.5. The maximum Gasteiger partial charge on any atom is 0.211 e. The third-order valence-corrected chi connectivity index (χ3v) is 6.40. The van der Waals surface area contributed by atoms with Crippen LogP contribution in [-0.4, -0.2) is 45.9 Å². The minimum absolute atomic E-state index is 0.106. The third kappa shape index (κ3) is 5.94. The predicted molar refractivity (Wildman–Crippen MR) is 108 cm³/mol. The van der Waals surface area contributed by atoms with E-state index in [0.29, 0.717) is 18.9 Å². The second-order valence-electron chi connectivity index (χ2n) is 6.90. The van der Waals surface area contributed by atoms with E-state index in [1.54, 1.807) is 19.5 Å². The van der Waals surface area contributed by atoms with Crippen LogP contribution in [0.15, 0.2) is 48.8 Å². The number of hydrogen-bond acceptors (Lipinski definition) is 5. The number of methoxy groups -OCH3 is 1. The highest BCUT2D eigenvalue weighted by Crippen LogP contribution is 2.22. The van der Waals surface area contributed by atoms with Gasteiger partial charge in [-0.15, -0.1) is 0 Å². The van der Waals surface area contributed by atoms with E-state index in [2.05, 4.69) is 14.6 Å². The smallest absolute Gasteiger partial charge is 0.211 e. The maximum atomic E-state index is 12.3. The molecule has 2 heterocycles. The molecule has 1 saturated heterocycles. The van der Waals surface area contributed by atoms with Crippen molar-refractivity contribution < 1.29 is 13.2 Å². The van der Waals surface area contributed by atoms with Crippen molar-refractivity contribution in [2.24, 2.45) is 5.92 Å². The molecule has 0 aliphatic carbocycles. The number of ether oxygens (including phenoxy) is 1. The van der Waals surface area contributed by atoms with Crippen LogP contribution in [0.5, 0.6) is 5.75 Å². The number of piperidine rings is 1. The van der Waals surface area contributed by atoms with E-state index >= 15 is 0 Å². The van der Waals surface area contributed by atoms with Gasteiger partial charge in [-0.05, 0) is 55.0 Å².